The molecule has 0 saturated heterocycles. The van der Waals surface area contributed by atoms with Gasteiger partial charge in [-0.15, -0.1) is 11.8 Å². The highest BCUT2D eigenvalue weighted by Gasteiger charge is 2.17. The van der Waals surface area contributed by atoms with Crippen LogP contribution in [-0.4, -0.2) is 44.8 Å². The lowest BCUT2D eigenvalue weighted by molar-refractivity contribution is -0.114. The fourth-order valence-electron chi connectivity index (χ4n) is 3.98. The summed E-state index contributed by atoms with van der Waals surface area (Å²) in [4.78, 5) is 39.6. The Morgan fingerprint density at radius 3 is 2.05 bits per heavy atom. The second-order valence-electron chi connectivity index (χ2n) is 9.00. The van der Waals surface area contributed by atoms with Crippen LogP contribution in [0.15, 0.2) is 108 Å². The van der Waals surface area contributed by atoms with Gasteiger partial charge in [-0.3, -0.25) is 14.4 Å². The number of carbonyl (C=O) groups excluding carboxylic acids is 3. The van der Waals surface area contributed by atoms with Gasteiger partial charge in [-0.2, -0.15) is 0 Å². The molecule has 4 aromatic rings. The minimum atomic E-state index is -0.534. The van der Waals surface area contributed by atoms with Gasteiger partial charge in [-0.05, 0) is 72.8 Å². The van der Waals surface area contributed by atoms with Gasteiger partial charge in [0.05, 0.1) is 27.1 Å². The Bertz CT molecular complexity index is 1590. The Balaban J connectivity index is 1.45. The second-order valence-corrected chi connectivity index (χ2v) is 10.1. The predicted molar refractivity (Wildman–Crippen MR) is 169 cm³/mol. The molecule has 0 aliphatic heterocycles. The van der Waals surface area contributed by atoms with Crippen molar-refractivity contribution in [3.05, 3.63) is 114 Å². The number of carbonyl (C=O) groups is 3. The fraction of sp³-hybridized carbons (Fsp3) is 0.121. The molecule has 0 atom stereocenters. The first-order valence-electron chi connectivity index (χ1n) is 13.2. The van der Waals surface area contributed by atoms with Crippen molar-refractivity contribution in [1.82, 2.24) is 5.32 Å². The average Bonchev–Trinajstić information content (AvgIpc) is 3.04. The minimum absolute atomic E-state index is 0.00839. The van der Waals surface area contributed by atoms with Gasteiger partial charge in [0, 0.05) is 27.4 Å². The van der Waals surface area contributed by atoms with Crippen molar-refractivity contribution >= 4 is 46.9 Å². The summed E-state index contributed by atoms with van der Waals surface area (Å²) in [6.45, 7) is 0. The minimum Gasteiger partial charge on any atom is -0.497 e. The van der Waals surface area contributed by atoms with Crippen LogP contribution in [0.3, 0.4) is 0 Å². The van der Waals surface area contributed by atoms with Gasteiger partial charge in [-0.1, -0.05) is 30.3 Å². The maximum atomic E-state index is 13.4. The van der Waals surface area contributed by atoms with Crippen molar-refractivity contribution < 1.29 is 28.6 Å². The molecule has 9 nitrogen and oxygen atoms in total. The molecule has 43 heavy (non-hydrogen) atoms. The van der Waals surface area contributed by atoms with Crippen molar-refractivity contribution in [3.8, 4) is 17.2 Å². The number of anilines is 2. The van der Waals surface area contributed by atoms with E-state index in [1.807, 2.05) is 0 Å². The molecule has 0 unspecified atom stereocenters. The monoisotopic (exact) mass is 597 g/mol. The summed E-state index contributed by atoms with van der Waals surface area (Å²) in [5.41, 5.74) is 2.14. The van der Waals surface area contributed by atoms with E-state index in [0.717, 1.165) is 4.90 Å². The molecule has 220 valence electrons. The van der Waals surface area contributed by atoms with Crippen LogP contribution in [0, 0.1) is 0 Å². The Morgan fingerprint density at radius 2 is 1.40 bits per heavy atom. The Labute approximate surface area is 254 Å². The third kappa shape index (κ3) is 8.64. The number of ether oxygens (including phenoxy) is 3. The molecule has 0 fully saturated rings. The number of benzene rings is 4. The van der Waals surface area contributed by atoms with Crippen LogP contribution < -0.4 is 30.2 Å². The number of para-hydroxylation sites is 1. The van der Waals surface area contributed by atoms with E-state index >= 15 is 0 Å². The van der Waals surface area contributed by atoms with E-state index in [9.17, 15) is 14.4 Å². The third-order valence-electron chi connectivity index (χ3n) is 6.12. The van der Waals surface area contributed by atoms with Crippen LogP contribution in [-0.2, 0) is 9.59 Å². The van der Waals surface area contributed by atoms with E-state index in [1.165, 1.54) is 32.1 Å². The van der Waals surface area contributed by atoms with E-state index in [4.69, 9.17) is 14.2 Å². The van der Waals surface area contributed by atoms with E-state index in [2.05, 4.69) is 16.0 Å². The molecule has 0 aliphatic carbocycles. The SMILES string of the molecule is COc1ccc(NC(=O)CSc2ccc(NC(=O)/C(=C/c3cccc(OC)c3OC)NC(=O)c3ccccc3)cc2)cc1. The summed E-state index contributed by atoms with van der Waals surface area (Å²) >= 11 is 1.36. The second kappa shape index (κ2) is 15.1. The largest absolute Gasteiger partial charge is 0.497 e. The van der Waals surface area contributed by atoms with Crippen molar-refractivity contribution in [2.75, 3.05) is 37.7 Å². The predicted octanol–water partition coefficient (Wildman–Crippen LogP) is 5.85. The van der Waals surface area contributed by atoms with Crippen molar-refractivity contribution in [2.24, 2.45) is 0 Å². The van der Waals surface area contributed by atoms with Crippen LogP contribution in [0.25, 0.3) is 6.08 Å². The normalized spacial score (nSPS) is 10.8. The highest BCUT2D eigenvalue weighted by molar-refractivity contribution is 8.00. The molecule has 3 N–H and O–H groups in total. The van der Waals surface area contributed by atoms with E-state index in [0.29, 0.717) is 39.8 Å². The zero-order valence-electron chi connectivity index (χ0n) is 23.9. The molecule has 0 spiro atoms. The van der Waals surface area contributed by atoms with Gasteiger partial charge in [0.15, 0.2) is 11.5 Å². The van der Waals surface area contributed by atoms with Gasteiger partial charge in [0.2, 0.25) is 5.91 Å². The van der Waals surface area contributed by atoms with Crippen LogP contribution in [0.2, 0.25) is 0 Å². The van der Waals surface area contributed by atoms with Crippen molar-refractivity contribution in [3.63, 3.8) is 0 Å². The first-order valence-corrected chi connectivity index (χ1v) is 14.2. The maximum absolute atomic E-state index is 13.4. The fourth-order valence-corrected chi connectivity index (χ4v) is 4.68. The Hall–Kier alpha value is -5.22. The molecular formula is C33H31N3O6S. The van der Waals surface area contributed by atoms with Gasteiger partial charge in [0.1, 0.15) is 11.4 Å². The topological polar surface area (TPSA) is 115 Å². The molecule has 0 bridgehead atoms. The van der Waals surface area contributed by atoms with Gasteiger partial charge >= 0.3 is 0 Å². The first kappa shape index (κ1) is 30.7. The number of nitrogens with one attached hydrogen (secondary N) is 3. The van der Waals surface area contributed by atoms with E-state index in [-0.39, 0.29) is 17.4 Å². The molecule has 0 heterocycles. The highest BCUT2D eigenvalue weighted by atomic mass is 32.2. The summed E-state index contributed by atoms with van der Waals surface area (Å²) in [6, 6.07) is 28.0. The Kier molecular flexibility index (Phi) is 10.8. The average molecular weight is 598 g/mol. The standard InChI is InChI=1S/C33H31N3O6S/c1-40-26-16-12-24(13-17-26)34-30(37)21-43-27-18-14-25(15-19-27)35-33(39)28(36-32(38)22-8-5-4-6-9-22)20-23-10-7-11-29(41-2)31(23)42-3/h4-20H,21H2,1-3H3,(H,34,37)(H,35,39)(H,36,38)/b28-20-. The van der Waals surface area contributed by atoms with Crippen LogP contribution >= 0.6 is 11.8 Å². The van der Waals surface area contributed by atoms with Crippen LogP contribution in [0.1, 0.15) is 15.9 Å². The van der Waals surface area contributed by atoms with Crippen molar-refractivity contribution in [2.45, 2.75) is 4.90 Å². The quantitative estimate of drug-likeness (QED) is 0.139. The first-order chi connectivity index (χ1) is 20.9. The number of hydrogen-bond acceptors (Lipinski definition) is 7. The van der Waals surface area contributed by atoms with Crippen LogP contribution in [0.5, 0.6) is 17.2 Å². The molecule has 4 rings (SSSR count). The summed E-state index contributed by atoms with van der Waals surface area (Å²) in [5, 5.41) is 8.39. The lowest BCUT2D eigenvalue weighted by Crippen LogP contribution is -2.30. The zero-order chi connectivity index (χ0) is 30.6. The van der Waals surface area contributed by atoms with E-state index in [1.54, 1.807) is 104 Å². The maximum Gasteiger partial charge on any atom is 0.272 e. The molecule has 0 aliphatic rings. The number of rotatable bonds is 12. The lowest BCUT2D eigenvalue weighted by atomic mass is 10.1. The molecule has 0 aromatic heterocycles. The molecule has 4 aromatic carbocycles. The van der Waals surface area contributed by atoms with Gasteiger partial charge in [-0.25, -0.2) is 0 Å². The van der Waals surface area contributed by atoms with Crippen molar-refractivity contribution in [1.29, 1.82) is 0 Å². The number of thioether (sulfide) groups is 1. The molecule has 0 saturated carbocycles. The van der Waals surface area contributed by atoms with Gasteiger partial charge in [0.25, 0.3) is 11.8 Å². The summed E-state index contributed by atoms with van der Waals surface area (Å²) in [6.07, 6.45) is 1.53. The molecule has 3 amide bonds. The van der Waals surface area contributed by atoms with Crippen LogP contribution in [0.4, 0.5) is 11.4 Å². The van der Waals surface area contributed by atoms with Gasteiger partial charge < -0.3 is 30.2 Å². The molecule has 0 radical (unpaired) electrons. The smallest absolute Gasteiger partial charge is 0.272 e. The zero-order valence-corrected chi connectivity index (χ0v) is 24.7. The molecule has 10 heteroatoms. The highest BCUT2D eigenvalue weighted by Crippen LogP contribution is 2.32. The number of methoxy groups -OCH3 is 3. The number of amides is 3. The summed E-state index contributed by atoms with van der Waals surface area (Å²) < 4.78 is 16.0. The lowest BCUT2D eigenvalue weighted by Gasteiger charge is -2.14. The Morgan fingerprint density at radius 1 is 0.721 bits per heavy atom. The summed E-state index contributed by atoms with van der Waals surface area (Å²) in [5.74, 6) is 0.693. The summed E-state index contributed by atoms with van der Waals surface area (Å²) in [7, 11) is 4.60. The molecular weight excluding hydrogens is 566 g/mol. The number of hydrogen-bond donors (Lipinski definition) is 3. The van der Waals surface area contributed by atoms with E-state index < -0.39 is 11.8 Å². The third-order valence-corrected chi connectivity index (χ3v) is 7.13.